The van der Waals surface area contributed by atoms with Gasteiger partial charge in [-0.25, -0.2) is 0 Å². The maximum atomic E-state index is 11.5. The molecule has 2 aromatic rings. The zero-order valence-electron chi connectivity index (χ0n) is 8.56. The third-order valence-corrected chi connectivity index (χ3v) is 2.27. The molecule has 0 saturated heterocycles. The highest BCUT2D eigenvalue weighted by molar-refractivity contribution is 7.71. The van der Waals surface area contributed by atoms with Crippen molar-refractivity contribution < 1.29 is 0 Å². The van der Waals surface area contributed by atoms with Crippen LogP contribution >= 0.6 is 24.6 Å². The average molecular weight is 259 g/mol. The summed E-state index contributed by atoms with van der Waals surface area (Å²) in [6.07, 6.45) is 5.80. The Morgan fingerprint density at radius 3 is 2.88 bits per heavy atom. The Labute approximate surface area is 103 Å². The Balaban J connectivity index is 0.00000128. The second-order valence-corrected chi connectivity index (χ2v) is 3.70. The van der Waals surface area contributed by atoms with Crippen LogP contribution in [0.25, 0.3) is 0 Å². The zero-order chi connectivity index (χ0) is 10.8. The SMILES string of the molecule is Cl.Cn1cc(Cc2c[nH]c(=S)[nH]c2=O)cn1. The minimum atomic E-state index is -0.150. The van der Waals surface area contributed by atoms with Gasteiger partial charge in [0.05, 0.1) is 6.20 Å². The van der Waals surface area contributed by atoms with Crippen LogP contribution in [-0.4, -0.2) is 19.7 Å². The fourth-order valence-electron chi connectivity index (χ4n) is 1.35. The number of H-pyrrole nitrogens is 2. The molecule has 5 nitrogen and oxygen atoms in total. The van der Waals surface area contributed by atoms with Gasteiger partial charge in [0.15, 0.2) is 4.77 Å². The van der Waals surface area contributed by atoms with Gasteiger partial charge in [-0.1, -0.05) is 0 Å². The highest BCUT2D eigenvalue weighted by Gasteiger charge is 2.02. The fraction of sp³-hybridized carbons (Fsp3) is 0.222. The summed E-state index contributed by atoms with van der Waals surface area (Å²) in [4.78, 5) is 16.8. The van der Waals surface area contributed by atoms with Gasteiger partial charge in [0.1, 0.15) is 0 Å². The Kier molecular flexibility index (Phi) is 4.03. The third kappa shape index (κ3) is 2.80. The molecule has 0 aliphatic carbocycles. The lowest BCUT2D eigenvalue weighted by atomic mass is 10.1. The van der Waals surface area contributed by atoms with Crippen LogP contribution in [0.15, 0.2) is 23.4 Å². The standard InChI is InChI=1S/C9H10N4OS.ClH/c1-13-5-6(3-11-13)2-7-4-10-9(15)12-8(7)14;/h3-5H,2H2,1H3,(H2,10,12,14,15);1H. The van der Waals surface area contributed by atoms with Crippen molar-refractivity contribution in [2.75, 3.05) is 0 Å². The van der Waals surface area contributed by atoms with E-state index in [1.807, 2.05) is 13.2 Å². The maximum Gasteiger partial charge on any atom is 0.255 e. The maximum absolute atomic E-state index is 11.5. The van der Waals surface area contributed by atoms with Crippen LogP contribution in [0.5, 0.6) is 0 Å². The lowest BCUT2D eigenvalue weighted by Crippen LogP contribution is -2.13. The van der Waals surface area contributed by atoms with Crippen LogP contribution in [0.3, 0.4) is 0 Å². The molecule has 0 atom stereocenters. The molecular formula is C9H11ClN4OS. The first-order chi connectivity index (χ1) is 7.15. The molecule has 0 saturated carbocycles. The predicted molar refractivity (Wildman–Crippen MR) is 65.5 cm³/mol. The number of hydrogen-bond acceptors (Lipinski definition) is 3. The van der Waals surface area contributed by atoms with Crippen LogP contribution in [-0.2, 0) is 13.5 Å². The second kappa shape index (κ2) is 5.09. The topological polar surface area (TPSA) is 66.5 Å². The van der Waals surface area contributed by atoms with E-state index in [-0.39, 0.29) is 18.0 Å². The number of halogens is 1. The fourth-order valence-corrected chi connectivity index (χ4v) is 1.50. The van der Waals surface area contributed by atoms with Crippen molar-refractivity contribution in [3.05, 3.63) is 44.8 Å². The summed E-state index contributed by atoms with van der Waals surface area (Å²) >= 11 is 4.80. The van der Waals surface area contributed by atoms with Gasteiger partial charge in [-0.2, -0.15) is 5.10 Å². The van der Waals surface area contributed by atoms with Gasteiger partial charge < -0.3 is 4.98 Å². The van der Waals surface area contributed by atoms with Crippen LogP contribution in [0.2, 0.25) is 0 Å². The molecule has 2 aromatic heterocycles. The monoisotopic (exact) mass is 258 g/mol. The van der Waals surface area contributed by atoms with Crippen molar-refractivity contribution in [1.82, 2.24) is 19.7 Å². The number of nitrogens with one attached hydrogen (secondary N) is 2. The molecular weight excluding hydrogens is 248 g/mol. The highest BCUT2D eigenvalue weighted by Crippen LogP contribution is 2.02. The molecule has 0 bridgehead atoms. The number of aryl methyl sites for hydroxylation is 1. The van der Waals surface area contributed by atoms with Crippen molar-refractivity contribution in [1.29, 1.82) is 0 Å². The average Bonchev–Trinajstić information content (AvgIpc) is 2.56. The van der Waals surface area contributed by atoms with E-state index in [1.54, 1.807) is 17.1 Å². The molecule has 0 fully saturated rings. The zero-order valence-corrected chi connectivity index (χ0v) is 10.2. The smallest absolute Gasteiger partial charge is 0.255 e. The number of nitrogens with zero attached hydrogens (tertiary/aromatic N) is 2. The van der Waals surface area contributed by atoms with Crippen LogP contribution in [0, 0.1) is 4.77 Å². The summed E-state index contributed by atoms with van der Waals surface area (Å²) in [6.45, 7) is 0. The van der Waals surface area contributed by atoms with Crippen LogP contribution < -0.4 is 5.56 Å². The Hall–Kier alpha value is -1.40. The van der Waals surface area contributed by atoms with Gasteiger partial charge in [-0.15, -0.1) is 12.4 Å². The molecule has 0 aromatic carbocycles. The Bertz CT molecular complexity index is 585. The van der Waals surface area contributed by atoms with Crippen LogP contribution in [0.1, 0.15) is 11.1 Å². The quantitative estimate of drug-likeness (QED) is 0.795. The van der Waals surface area contributed by atoms with Gasteiger partial charge in [0, 0.05) is 31.4 Å². The summed E-state index contributed by atoms with van der Waals surface area (Å²) < 4.78 is 2.05. The molecule has 2 heterocycles. The predicted octanol–water partition coefficient (Wildman–Crippen LogP) is 1.18. The number of rotatable bonds is 2. The third-order valence-electron chi connectivity index (χ3n) is 2.05. The summed E-state index contributed by atoms with van der Waals surface area (Å²) in [5, 5.41) is 4.03. The van der Waals surface area contributed by atoms with E-state index in [0.29, 0.717) is 16.8 Å². The molecule has 16 heavy (non-hydrogen) atoms. The first-order valence-corrected chi connectivity index (χ1v) is 4.84. The largest absolute Gasteiger partial charge is 0.338 e. The first-order valence-electron chi connectivity index (χ1n) is 4.43. The van der Waals surface area contributed by atoms with Gasteiger partial charge in [0.25, 0.3) is 5.56 Å². The molecule has 0 radical (unpaired) electrons. The number of hydrogen-bond donors (Lipinski definition) is 2. The van der Waals surface area contributed by atoms with E-state index in [4.69, 9.17) is 12.2 Å². The van der Waals surface area contributed by atoms with E-state index in [2.05, 4.69) is 15.1 Å². The molecule has 0 aliphatic heterocycles. The van der Waals surface area contributed by atoms with Crippen LogP contribution in [0.4, 0.5) is 0 Å². The lowest BCUT2D eigenvalue weighted by molar-refractivity contribution is 0.767. The summed E-state index contributed by atoms with van der Waals surface area (Å²) in [6, 6.07) is 0. The minimum absolute atomic E-state index is 0. The van der Waals surface area contributed by atoms with E-state index in [1.165, 1.54) is 0 Å². The van der Waals surface area contributed by atoms with E-state index >= 15 is 0 Å². The van der Waals surface area contributed by atoms with Crippen molar-refractivity contribution in [3.8, 4) is 0 Å². The van der Waals surface area contributed by atoms with Gasteiger partial charge in [0.2, 0.25) is 0 Å². The summed E-state index contributed by atoms with van der Waals surface area (Å²) in [7, 11) is 1.84. The Morgan fingerprint density at radius 1 is 1.56 bits per heavy atom. The van der Waals surface area contributed by atoms with E-state index < -0.39 is 0 Å². The van der Waals surface area contributed by atoms with Gasteiger partial charge in [-0.3, -0.25) is 14.5 Å². The Morgan fingerprint density at radius 2 is 2.31 bits per heavy atom. The van der Waals surface area contributed by atoms with Crippen molar-refractivity contribution in [3.63, 3.8) is 0 Å². The molecule has 0 amide bonds. The minimum Gasteiger partial charge on any atom is -0.338 e. The van der Waals surface area contributed by atoms with Gasteiger partial charge in [-0.05, 0) is 17.8 Å². The highest BCUT2D eigenvalue weighted by atomic mass is 35.5. The molecule has 2 N–H and O–H groups in total. The second-order valence-electron chi connectivity index (χ2n) is 3.30. The lowest BCUT2D eigenvalue weighted by Gasteiger charge is -1.96. The number of aromatic nitrogens is 4. The number of aromatic amines is 2. The van der Waals surface area contributed by atoms with Crippen molar-refractivity contribution in [2.24, 2.45) is 7.05 Å². The molecule has 86 valence electrons. The summed E-state index contributed by atoms with van der Waals surface area (Å²) in [5.74, 6) is 0. The normalized spacial score (nSPS) is 9.81. The molecule has 0 aliphatic rings. The first kappa shape index (κ1) is 12.7. The molecule has 0 spiro atoms. The van der Waals surface area contributed by atoms with Gasteiger partial charge >= 0.3 is 0 Å². The summed E-state index contributed by atoms with van der Waals surface area (Å²) in [5.41, 5.74) is 1.49. The van der Waals surface area contributed by atoms with Crippen molar-refractivity contribution >= 4 is 24.6 Å². The molecule has 2 rings (SSSR count). The van der Waals surface area contributed by atoms with E-state index in [9.17, 15) is 4.79 Å². The molecule has 0 unspecified atom stereocenters. The molecule has 7 heteroatoms. The van der Waals surface area contributed by atoms with E-state index in [0.717, 1.165) is 5.56 Å². The van der Waals surface area contributed by atoms with Crippen molar-refractivity contribution in [2.45, 2.75) is 6.42 Å².